The van der Waals surface area contributed by atoms with E-state index < -0.39 is 9.84 Å². The number of benzene rings is 1. The van der Waals surface area contributed by atoms with Crippen molar-refractivity contribution in [2.24, 2.45) is 0 Å². The molecular formula is C15H21FN3O2S2+. The van der Waals surface area contributed by atoms with Gasteiger partial charge in [-0.3, -0.25) is 0 Å². The first kappa shape index (κ1) is 16.6. The largest absolute Gasteiger partial charge is 0.338 e. The number of rotatable bonds is 2. The standard InChI is InChI=1S/C15H20FN3O2S2/c16-12-1-3-13(4-2-12)17-15(22)19-8-6-18(7-9-19)14-5-10-23(20,21)11-14/h1-4,14H,5-11H2,(H,17,22)/p+1/t14-/m0/s1. The Morgan fingerprint density at radius 2 is 1.91 bits per heavy atom. The van der Waals surface area contributed by atoms with E-state index in [2.05, 4.69) is 10.2 Å². The minimum Gasteiger partial charge on any atom is -0.338 e. The highest BCUT2D eigenvalue weighted by molar-refractivity contribution is 7.91. The van der Waals surface area contributed by atoms with Crippen LogP contribution in [0.4, 0.5) is 10.1 Å². The monoisotopic (exact) mass is 358 g/mol. The van der Waals surface area contributed by atoms with Crippen molar-refractivity contribution in [1.82, 2.24) is 4.90 Å². The Bertz CT molecular complexity index is 670. The van der Waals surface area contributed by atoms with Crippen LogP contribution in [0.3, 0.4) is 0 Å². The van der Waals surface area contributed by atoms with Crippen LogP contribution in [-0.2, 0) is 9.84 Å². The molecule has 3 rings (SSSR count). The van der Waals surface area contributed by atoms with E-state index in [1.807, 2.05) is 0 Å². The maximum atomic E-state index is 12.9. The summed E-state index contributed by atoms with van der Waals surface area (Å²) in [5.74, 6) is 0.376. The molecule has 5 nitrogen and oxygen atoms in total. The van der Waals surface area contributed by atoms with Crippen molar-refractivity contribution in [3.8, 4) is 0 Å². The van der Waals surface area contributed by atoms with Gasteiger partial charge in [-0.15, -0.1) is 0 Å². The molecular weight excluding hydrogens is 337 g/mol. The van der Waals surface area contributed by atoms with Gasteiger partial charge in [-0.25, -0.2) is 12.8 Å². The van der Waals surface area contributed by atoms with Gasteiger partial charge < -0.3 is 15.1 Å². The van der Waals surface area contributed by atoms with Crippen LogP contribution in [0, 0.1) is 5.82 Å². The molecule has 2 aliphatic heterocycles. The molecule has 0 amide bonds. The normalized spacial score (nSPS) is 24.6. The summed E-state index contributed by atoms with van der Waals surface area (Å²) in [7, 11) is -2.82. The summed E-state index contributed by atoms with van der Waals surface area (Å²) in [5, 5.41) is 3.76. The number of nitrogens with one attached hydrogen (secondary N) is 2. The third-order valence-corrected chi connectivity index (χ3v) is 6.73. The van der Waals surface area contributed by atoms with E-state index >= 15 is 0 Å². The Balaban J connectivity index is 1.50. The third kappa shape index (κ3) is 4.19. The lowest BCUT2D eigenvalue weighted by Crippen LogP contribution is -3.18. The van der Waals surface area contributed by atoms with Gasteiger partial charge in [0.2, 0.25) is 0 Å². The fraction of sp³-hybridized carbons (Fsp3) is 0.533. The van der Waals surface area contributed by atoms with Crippen molar-refractivity contribution in [2.75, 3.05) is 43.0 Å². The first-order valence-electron chi connectivity index (χ1n) is 7.79. The summed E-state index contributed by atoms with van der Waals surface area (Å²) in [5.41, 5.74) is 0.771. The molecule has 23 heavy (non-hydrogen) atoms. The van der Waals surface area contributed by atoms with Crippen LogP contribution < -0.4 is 10.2 Å². The van der Waals surface area contributed by atoms with Crippen LogP contribution in [0.25, 0.3) is 0 Å². The molecule has 0 unspecified atom stereocenters. The van der Waals surface area contributed by atoms with Gasteiger partial charge in [-0.1, -0.05) is 0 Å². The molecule has 2 heterocycles. The molecule has 1 atom stereocenters. The van der Waals surface area contributed by atoms with Crippen LogP contribution in [-0.4, -0.2) is 62.2 Å². The van der Waals surface area contributed by atoms with Gasteiger partial charge in [0.1, 0.15) is 17.6 Å². The molecule has 0 bridgehead atoms. The fourth-order valence-electron chi connectivity index (χ4n) is 3.26. The van der Waals surface area contributed by atoms with Crippen molar-refractivity contribution in [3.63, 3.8) is 0 Å². The molecule has 2 saturated heterocycles. The highest BCUT2D eigenvalue weighted by atomic mass is 32.2. The maximum Gasteiger partial charge on any atom is 0.173 e. The Hall–Kier alpha value is -1.25. The summed E-state index contributed by atoms with van der Waals surface area (Å²) >= 11 is 5.41. The lowest BCUT2D eigenvalue weighted by atomic mass is 10.2. The molecule has 0 spiro atoms. The molecule has 2 N–H and O–H groups in total. The second-order valence-electron chi connectivity index (χ2n) is 6.18. The predicted molar refractivity (Wildman–Crippen MR) is 91.9 cm³/mol. The molecule has 0 aliphatic carbocycles. The summed E-state index contributed by atoms with van der Waals surface area (Å²) in [6.45, 7) is 3.40. The lowest BCUT2D eigenvalue weighted by Gasteiger charge is -2.36. The lowest BCUT2D eigenvalue weighted by molar-refractivity contribution is -0.925. The molecule has 126 valence electrons. The van der Waals surface area contributed by atoms with Crippen molar-refractivity contribution in [1.29, 1.82) is 0 Å². The van der Waals surface area contributed by atoms with Gasteiger partial charge >= 0.3 is 0 Å². The summed E-state index contributed by atoms with van der Waals surface area (Å²) in [6, 6.07) is 6.35. The van der Waals surface area contributed by atoms with Crippen molar-refractivity contribution < 1.29 is 17.7 Å². The minimum atomic E-state index is -2.82. The highest BCUT2D eigenvalue weighted by Gasteiger charge is 2.37. The first-order chi connectivity index (χ1) is 10.9. The zero-order valence-electron chi connectivity index (χ0n) is 12.8. The minimum absolute atomic E-state index is 0.237. The van der Waals surface area contributed by atoms with Crippen molar-refractivity contribution in [3.05, 3.63) is 30.1 Å². The predicted octanol–water partition coefficient (Wildman–Crippen LogP) is -0.0899. The molecule has 8 heteroatoms. The number of hydrogen-bond donors (Lipinski definition) is 2. The van der Waals surface area contributed by atoms with Gasteiger partial charge in [0, 0.05) is 12.1 Å². The summed E-state index contributed by atoms with van der Waals surface area (Å²) < 4.78 is 36.1. The molecule has 2 fully saturated rings. The zero-order chi connectivity index (χ0) is 16.4. The van der Waals surface area contributed by atoms with E-state index in [9.17, 15) is 12.8 Å². The van der Waals surface area contributed by atoms with E-state index in [1.165, 1.54) is 17.0 Å². The van der Waals surface area contributed by atoms with E-state index in [-0.39, 0.29) is 11.9 Å². The smallest absolute Gasteiger partial charge is 0.173 e. The van der Waals surface area contributed by atoms with Gasteiger partial charge in [0.25, 0.3) is 0 Å². The number of sulfone groups is 1. The summed E-state index contributed by atoms with van der Waals surface area (Å²) in [6.07, 6.45) is 0.774. The molecule has 0 aromatic heterocycles. The molecule has 1 aromatic carbocycles. The Morgan fingerprint density at radius 1 is 1.26 bits per heavy atom. The topological polar surface area (TPSA) is 53.9 Å². The number of halogens is 1. The van der Waals surface area contributed by atoms with Gasteiger partial charge in [-0.05, 0) is 36.5 Å². The van der Waals surface area contributed by atoms with Gasteiger partial charge in [0.05, 0.1) is 31.9 Å². The third-order valence-electron chi connectivity index (χ3n) is 4.60. The molecule has 1 aromatic rings. The number of quaternary nitrogens is 1. The van der Waals surface area contributed by atoms with Gasteiger partial charge in [0.15, 0.2) is 14.9 Å². The number of nitrogens with zero attached hydrogens (tertiary/aromatic N) is 1. The number of hydrogen-bond acceptors (Lipinski definition) is 3. The van der Waals surface area contributed by atoms with Crippen LogP contribution in [0.2, 0.25) is 0 Å². The first-order valence-corrected chi connectivity index (χ1v) is 10.0. The number of anilines is 1. The Labute approximate surface area is 141 Å². The van der Waals surface area contributed by atoms with Crippen molar-refractivity contribution >= 4 is 32.9 Å². The maximum absolute atomic E-state index is 12.9. The quantitative estimate of drug-likeness (QED) is 0.724. The Kier molecular flexibility index (Phi) is 4.84. The second-order valence-corrected chi connectivity index (χ2v) is 8.80. The molecule has 2 aliphatic rings. The number of thiocarbonyl (C=S) groups is 1. The van der Waals surface area contributed by atoms with Crippen LogP contribution in [0.5, 0.6) is 0 Å². The second kappa shape index (κ2) is 6.70. The number of piperazine rings is 1. The van der Waals surface area contributed by atoms with E-state index in [4.69, 9.17) is 12.2 Å². The van der Waals surface area contributed by atoms with Crippen LogP contribution >= 0.6 is 12.2 Å². The average molecular weight is 358 g/mol. The van der Waals surface area contributed by atoms with E-state index in [0.29, 0.717) is 16.6 Å². The fourth-order valence-corrected chi connectivity index (χ4v) is 5.38. The zero-order valence-corrected chi connectivity index (χ0v) is 14.4. The van der Waals surface area contributed by atoms with Crippen molar-refractivity contribution in [2.45, 2.75) is 12.5 Å². The SMILES string of the molecule is O=S1(=O)CC[C@H]([NH+]2CCN(C(=S)Nc3ccc(F)cc3)CC2)C1. The average Bonchev–Trinajstić information content (AvgIpc) is 2.90. The summed E-state index contributed by atoms with van der Waals surface area (Å²) in [4.78, 5) is 3.46. The van der Waals surface area contributed by atoms with Crippen LogP contribution in [0.1, 0.15) is 6.42 Å². The molecule has 0 radical (unpaired) electrons. The Morgan fingerprint density at radius 3 is 2.48 bits per heavy atom. The molecule has 0 saturated carbocycles. The van der Waals surface area contributed by atoms with E-state index in [0.717, 1.165) is 38.3 Å². The van der Waals surface area contributed by atoms with Crippen LogP contribution in [0.15, 0.2) is 24.3 Å². The highest BCUT2D eigenvalue weighted by Crippen LogP contribution is 2.11. The van der Waals surface area contributed by atoms with E-state index in [1.54, 1.807) is 12.1 Å². The van der Waals surface area contributed by atoms with Gasteiger partial charge in [-0.2, -0.15) is 0 Å².